The van der Waals surface area contributed by atoms with E-state index in [0.29, 0.717) is 13.0 Å². The summed E-state index contributed by atoms with van der Waals surface area (Å²) in [5.74, 6) is -0.0347. The molecule has 0 aliphatic carbocycles. The quantitative estimate of drug-likeness (QED) is 0.779. The Balaban J connectivity index is 1.65. The summed E-state index contributed by atoms with van der Waals surface area (Å²) in [7, 11) is 0. The maximum atomic E-state index is 12.2. The van der Waals surface area contributed by atoms with Crippen LogP contribution in [0, 0.1) is 0 Å². The highest BCUT2D eigenvalue weighted by molar-refractivity contribution is 7.15. The Hall–Kier alpha value is -2.15. The van der Waals surface area contributed by atoms with Crippen LogP contribution in [0.2, 0.25) is 0 Å². The molecule has 6 nitrogen and oxygen atoms in total. The molecule has 0 saturated heterocycles. The number of fused-ring (bicyclic) bond motifs is 1. The highest BCUT2D eigenvalue weighted by Gasteiger charge is 2.18. The maximum absolute atomic E-state index is 12.2. The van der Waals surface area contributed by atoms with Gasteiger partial charge in [-0.25, -0.2) is 4.98 Å². The molecule has 0 aliphatic heterocycles. The molecular formula is C13H15N5OS. The average molecular weight is 289 g/mol. The molecule has 3 heterocycles. The number of aromatic nitrogens is 4. The Morgan fingerprint density at radius 1 is 1.50 bits per heavy atom. The molecule has 1 amide bonds. The molecule has 0 bridgehead atoms. The monoisotopic (exact) mass is 289 g/mol. The first-order valence-electron chi connectivity index (χ1n) is 6.46. The lowest BCUT2D eigenvalue weighted by molar-refractivity contribution is -0.124. The van der Waals surface area contributed by atoms with E-state index in [1.807, 2.05) is 35.2 Å². The third kappa shape index (κ3) is 2.44. The minimum absolute atomic E-state index is 0.0347. The number of rotatable bonds is 5. The molecule has 20 heavy (non-hydrogen) atoms. The predicted octanol–water partition coefficient (Wildman–Crippen LogP) is 1.86. The number of carbonyl (C=O) groups excluding carboxylic acids is 1. The number of amides is 1. The van der Waals surface area contributed by atoms with E-state index in [1.165, 1.54) is 0 Å². The van der Waals surface area contributed by atoms with Crippen LogP contribution in [-0.4, -0.2) is 25.1 Å². The third-order valence-corrected chi connectivity index (χ3v) is 3.89. The van der Waals surface area contributed by atoms with Gasteiger partial charge >= 0.3 is 0 Å². The third-order valence-electron chi connectivity index (χ3n) is 3.12. The van der Waals surface area contributed by atoms with Crippen LogP contribution in [-0.2, 0) is 11.3 Å². The van der Waals surface area contributed by atoms with Gasteiger partial charge in [0, 0.05) is 30.2 Å². The fourth-order valence-electron chi connectivity index (χ4n) is 2.11. The maximum Gasteiger partial charge on any atom is 0.245 e. The summed E-state index contributed by atoms with van der Waals surface area (Å²) in [6, 6.07) is 1.55. The van der Waals surface area contributed by atoms with Crippen molar-refractivity contribution in [3.63, 3.8) is 0 Å². The lowest BCUT2D eigenvalue weighted by atomic mass is 10.2. The van der Waals surface area contributed by atoms with Gasteiger partial charge in [-0.05, 0) is 12.5 Å². The van der Waals surface area contributed by atoms with Crippen LogP contribution in [0.15, 0.2) is 36.2 Å². The van der Waals surface area contributed by atoms with Crippen molar-refractivity contribution in [2.75, 3.05) is 0 Å². The number of nitrogens with one attached hydrogen (secondary N) is 1. The van der Waals surface area contributed by atoms with Gasteiger partial charge in [-0.15, -0.1) is 11.3 Å². The van der Waals surface area contributed by atoms with E-state index in [2.05, 4.69) is 15.4 Å². The average Bonchev–Trinajstić information content (AvgIpc) is 3.13. The first-order valence-corrected chi connectivity index (χ1v) is 7.34. The second-order valence-electron chi connectivity index (χ2n) is 4.45. The van der Waals surface area contributed by atoms with Crippen molar-refractivity contribution in [1.82, 2.24) is 24.5 Å². The zero-order valence-electron chi connectivity index (χ0n) is 11.1. The summed E-state index contributed by atoms with van der Waals surface area (Å²) >= 11 is 1.58. The van der Waals surface area contributed by atoms with E-state index in [9.17, 15) is 4.79 Å². The molecule has 1 atom stereocenters. The van der Waals surface area contributed by atoms with Crippen LogP contribution < -0.4 is 5.32 Å². The second-order valence-corrected chi connectivity index (χ2v) is 5.33. The molecule has 3 aromatic rings. The van der Waals surface area contributed by atoms with Crippen LogP contribution in [0.1, 0.15) is 25.1 Å². The second kappa shape index (κ2) is 5.46. The fraction of sp³-hybridized carbons (Fsp3) is 0.308. The highest BCUT2D eigenvalue weighted by Crippen LogP contribution is 2.12. The van der Waals surface area contributed by atoms with Gasteiger partial charge in [0.05, 0.1) is 12.2 Å². The molecule has 0 saturated carbocycles. The van der Waals surface area contributed by atoms with Crippen LogP contribution >= 0.6 is 11.3 Å². The standard InChI is InChI=1S/C13H15N5OS/c1-2-11(18-5-3-4-15-18)12(19)14-8-10-9-17-6-7-20-13(17)16-10/h3-7,9,11H,2,8H2,1H3,(H,14,19). The predicted molar refractivity (Wildman–Crippen MR) is 76.5 cm³/mol. The fourth-order valence-corrected chi connectivity index (χ4v) is 2.83. The summed E-state index contributed by atoms with van der Waals surface area (Å²) in [5.41, 5.74) is 0.862. The highest BCUT2D eigenvalue weighted by atomic mass is 32.1. The number of thiazole rings is 1. The zero-order valence-corrected chi connectivity index (χ0v) is 11.9. The first kappa shape index (κ1) is 12.9. The van der Waals surface area contributed by atoms with Gasteiger partial charge in [-0.2, -0.15) is 5.10 Å². The van der Waals surface area contributed by atoms with E-state index >= 15 is 0 Å². The Kier molecular flexibility index (Phi) is 3.51. The SMILES string of the molecule is CCC(C(=O)NCc1cn2ccsc2n1)n1cccn1. The molecule has 0 aliphatic rings. The van der Waals surface area contributed by atoms with Crippen LogP contribution in [0.5, 0.6) is 0 Å². The van der Waals surface area contributed by atoms with Crippen LogP contribution in [0.4, 0.5) is 0 Å². The van der Waals surface area contributed by atoms with Crippen molar-refractivity contribution in [3.8, 4) is 0 Å². The lowest BCUT2D eigenvalue weighted by Gasteiger charge is -2.14. The van der Waals surface area contributed by atoms with Gasteiger partial charge < -0.3 is 5.32 Å². The van der Waals surface area contributed by atoms with Crippen molar-refractivity contribution in [1.29, 1.82) is 0 Å². The van der Waals surface area contributed by atoms with Crippen molar-refractivity contribution >= 4 is 22.2 Å². The number of nitrogens with zero attached hydrogens (tertiary/aromatic N) is 4. The number of hydrogen-bond acceptors (Lipinski definition) is 4. The molecule has 0 aromatic carbocycles. The van der Waals surface area contributed by atoms with Gasteiger partial charge in [0.2, 0.25) is 5.91 Å². The molecule has 0 spiro atoms. The van der Waals surface area contributed by atoms with E-state index in [-0.39, 0.29) is 11.9 Å². The van der Waals surface area contributed by atoms with E-state index in [4.69, 9.17) is 0 Å². The smallest absolute Gasteiger partial charge is 0.245 e. The van der Waals surface area contributed by atoms with Crippen molar-refractivity contribution in [2.45, 2.75) is 25.9 Å². The number of imidazole rings is 1. The molecule has 0 fully saturated rings. The molecule has 3 aromatic heterocycles. The van der Waals surface area contributed by atoms with Gasteiger partial charge in [-0.1, -0.05) is 6.92 Å². The van der Waals surface area contributed by atoms with Crippen molar-refractivity contribution < 1.29 is 4.79 Å². The van der Waals surface area contributed by atoms with Gasteiger partial charge in [0.25, 0.3) is 0 Å². The lowest BCUT2D eigenvalue weighted by Crippen LogP contribution is -2.32. The molecule has 7 heteroatoms. The summed E-state index contributed by atoms with van der Waals surface area (Å²) < 4.78 is 3.64. The minimum Gasteiger partial charge on any atom is -0.349 e. The topological polar surface area (TPSA) is 64.2 Å². The summed E-state index contributed by atoms with van der Waals surface area (Å²) in [6.45, 7) is 2.41. The van der Waals surface area contributed by atoms with Crippen molar-refractivity contribution in [3.05, 3.63) is 41.9 Å². The van der Waals surface area contributed by atoms with Crippen LogP contribution in [0.25, 0.3) is 4.96 Å². The van der Waals surface area contributed by atoms with Crippen molar-refractivity contribution in [2.24, 2.45) is 0 Å². The normalized spacial score (nSPS) is 12.7. The van der Waals surface area contributed by atoms with E-state index in [1.54, 1.807) is 28.4 Å². The Morgan fingerprint density at radius 3 is 3.10 bits per heavy atom. The molecule has 3 rings (SSSR count). The largest absolute Gasteiger partial charge is 0.349 e. The molecule has 104 valence electrons. The Bertz CT molecular complexity index is 671. The van der Waals surface area contributed by atoms with Gasteiger partial charge in [0.1, 0.15) is 6.04 Å². The zero-order chi connectivity index (χ0) is 13.9. The van der Waals surface area contributed by atoms with E-state index < -0.39 is 0 Å². The Labute approximate surface area is 120 Å². The summed E-state index contributed by atoms with van der Waals surface area (Å²) in [6.07, 6.45) is 8.07. The molecule has 1 unspecified atom stereocenters. The summed E-state index contributed by atoms with van der Waals surface area (Å²) in [5, 5.41) is 9.03. The Morgan fingerprint density at radius 2 is 2.40 bits per heavy atom. The number of carbonyl (C=O) groups is 1. The molecule has 1 N–H and O–H groups in total. The number of hydrogen-bond donors (Lipinski definition) is 1. The molecular weight excluding hydrogens is 274 g/mol. The molecule has 0 radical (unpaired) electrons. The minimum atomic E-state index is -0.270. The summed E-state index contributed by atoms with van der Waals surface area (Å²) in [4.78, 5) is 17.6. The van der Waals surface area contributed by atoms with Gasteiger partial charge in [-0.3, -0.25) is 13.9 Å². The van der Waals surface area contributed by atoms with E-state index in [0.717, 1.165) is 10.7 Å². The van der Waals surface area contributed by atoms with Crippen LogP contribution in [0.3, 0.4) is 0 Å². The van der Waals surface area contributed by atoms with Gasteiger partial charge in [0.15, 0.2) is 4.96 Å². The first-order chi connectivity index (χ1) is 9.78.